The van der Waals surface area contributed by atoms with Crippen LogP contribution in [0.25, 0.3) is 0 Å². The second kappa shape index (κ2) is 6.09. The fourth-order valence-electron chi connectivity index (χ4n) is 2.24. The van der Waals surface area contributed by atoms with Crippen LogP contribution in [0.2, 0.25) is 0 Å². The molecular formula is C11H24N2OS. The molecule has 1 saturated heterocycles. The third kappa shape index (κ3) is 3.09. The third-order valence-electron chi connectivity index (χ3n) is 3.50. The average molecular weight is 232 g/mol. The number of likely N-dealkylation sites (N-methyl/N-ethyl adjacent to an activating group) is 1. The zero-order valence-electron chi connectivity index (χ0n) is 10.2. The van der Waals surface area contributed by atoms with Crippen LogP contribution in [-0.2, 0) is 4.74 Å². The first kappa shape index (κ1) is 13.3. The van der Waals surface area contributed by atoms with Gasteiger partial charge in [0.1, 0.15) is 0 Å². The van der Waals surface area contributed by atoms with Crippen molar-refractivity contribution in [2.45, 2.75) is 31.3 Å². The SMILES string of the molecule is CSCC(C)N(C)C1(CN)CCCOC1. The first-order chi connectivity index (χ1) is 7.16. The minimum atomic E-state index is 0.0768. The van der Waals surface area contributed by atoms with E-state index in [9.17, 15) is 0 Å². The summed E-state index contributed by atoms with van der Waals surface area (Å²) in [4.78, 5) is 2.42. The van der Waals surface area contributed by atoms with Gasteiger partial charge < -0.3 is 10.5 Å². The highest BCUT2D eigenvalue weighted by Gasteiger charge is 2.37. The van der Waals surface area contributed by atoms with E-state index in [1.54, 1.807) is 0 Å². The van der Waals surface area contributed by atoms with E-state index in [0.717, 1.165) is 25.4 Å². The van der Waals surface area contributed by atoms with Gasteiger partial charge in [-0.15, -0.1) is 0 Å². The molecule has 1 aliphatic heterocycles. The van der Waals surface area contributed by atoms with Crippen LogP contribution >= 0.6 is 11.8 Å². The van der Waals surface area contributed by atoms with Gasteiger partial charge >= 0.3 is 0 Å². The normalized spacial score (nSPS) is 29.4. The number of rotatable bonds is 5. The smallest absolute Gasteiger partial charge is 0.0662 e. The van der Waals surface area contributed by atoms with Crippen molar-refractivity contribution < 1.29 is 4.74 Å². The molecule has 0 aromatic carbocycles. The first-order valence-electron chi connectivity index (χ1n) is 5.66. The topological polar surface area (TPSA) is 38.5 Å². The zero-order chi connectivity index (χ0) is 11.3. The number of hydrogen-bond donors (Lipinski definition) is 1. The highest BCUT2D eigenvalue weighted by atomic mass is 32.2. The van der Waals surface area contributed by atoms with Gasteiger partial charge in [0.05, 0.1) is 12.1 Å². The van der Waals surface area contributed by atoms with E-state index in [2.05, 4.69) is 25.1 Å². The lowest BCUT2D eigenvalue weighted by atomic mass is 9.90. The van der Waals surface area contributed by atoms with E-state index in [-0.39, 0.29) is 5.54 Å². The number of ether oxygens (including phenoxy) is 1. The second-order valence-corrected chi connectivity index (χ2v) is 5.41. The maximum atomic E-state index is 5.94. The lowest BCUT2D eigenvalue weighted by Gasteiger charge is -2.46. The number of hydrogen-bond acceptors (Lipinski definition) is 4. The highest BCUT2D eigenvalue weighted by molar-refractivity contribution is 7.98. The average Bonchev–Trinajstić information content (AvgIpc) is 2.29. The number of thioether (sulfide) groups is 1. The standard InChI is InChI=1S/C11H24N2OS/c1-10(7-15-3)13(2)11(8-12)5-4-6-14-9-11/h10H,4-9,12H2,1-3H3. The van der Waals surface area contributed by atoms with Crippen molar-refractivity contribution in [2.75, 3.05) is 38.8 Å². The molecule has 90 valence electrons. The Balaban J connectivity index is 2.62. The summed E-state index contributed by atoms with van der Waals surface area (Å²) in [6.45, 7) is 4.65. The van der Waals surface area contributed by atoms with E-state index in [1.807, 2.05) is 11.8 Å². The van der Waals surface area contributed by atoms with Crippen molar-refractivity contribution in [2.24, 2.45) is 5.73 Å². The Morgan fingerprint density at radius 1 is 1.60 bits per heavy atom. The van der Waals surface area contributed by atoms with Gasteiger partial charge in [0.25, 0.3) is 0 Å². The summed E-state index contributed by atoms with van der Waals surface area (Å²) in [7, 11) is 2.18. The van der Waals surface area contributed by atoms with E-state index >= 15 is 0 Å². The van der Waals surface area contributed by atoms with E-state index < -0.39 is 0 Å². The summed E-state index contributed by atoms with van der Waals surface area (Å²) in [6.07, 6.45) is 4.45. The molecule has 2 unspecified atom stereocenters. The van der Waals surface area contributed by atoms with Crippen LogP contribution in [0.3, 0.4) is 0 Å². The molecule has 1 aliphatic rings. The van der Waals surface area contributed by atoms with Crippen LogP contribution < -0.4 is 5.73 Å². The Labute approximate surface area is 97.7 Å². The van der Waals surface area contributed by atoms with Crippen molar-refractivity contribution in [3.8, 4) is 0 Å². The van der Waals surface area contributed by atoms with Crippen LogP contribution in [0.4, 0.5) is 0 Å². The third-order valence-corrected chi connectivity index (χ3v) is 4.31. The fourth-order valence-corrected chi connectivity index (χ4v) is 2.95. The van der Waals surface area contributed by atoms with Gasteiger partial charge in [0.2, 0.25) is 0 Å². The lowest BCUT2D eigenvalue weighted by molar-refractivity contribution is -0.0448. The molecule has 3 nitrogen and oxygen atoms in total. The molecule has 0 spiro atoms. The molecule has 2 N–H and O–H groups in total. The molecule has 1 rings (SSSR count). The monoisotopic (exact) mass is 232 g/mol. The second-order valence-electron chi connectivity index (χ2n) is 4.50. The predicted octanol–water partition coefficient (Wildman–Crippen LogP) is 1.18. The largest absolute Gasteiger partial charge is 0.379 e. The molecule has 0 aromatic heterocycles. The minimum absolute atomic E-state index is 0.0768. The first-order valence-corrected chi connectivity index (χ1v) is 7.05. The van der Waals surface area contributed by atoms with Gasteiger partial charge in [-0.2, -0.15) is 11.8 Å². The van der Waals surface area contributed by atoms with E-state index in [0.29, 0.717) is 12.6 Å². The van der Waals surface area contributed by atoms with E-state index in [4.69, 9.17) is 10.5 Å². The summed E-state index contributed by atoms with van der Waals surface area (Å²) in [6, 6.07) is 0.560. The molecule has 1 fully saturated rings. The van der Waals surface area contributed by atoms with Gasteiger partial charge in [-0.05, 0) is 33.1 Å². The van der Waals surface area contributed by atoms with Crippen LogP contribution in [0, 0.1) is 0 Å². The van der Waals surface area contributed by atoms with Crippen LogP contribution in [0.1, 0.15) is 19.8 Å². The molecule has 0 amide bonds. The molecule has 2 atom stereocenters. The van der Waals surface area contributed by atoms with E-state index in [1.165, 1.54) is 6.42 Å². The van der Waals surface area contributed by atoms with Crippen molar-refractivity contribution in [3.63, 3.8) is 0 Å². The summed E-state index contributed by atoms with van der Waals surface area (Å²) in [5.41, 5.74) is 6.02. The lowest BCUT2D eigenvalue weighted by Crippen LogP contribution is -2.60. The maximum Gasteiger partial charge on any atom is 0.0662 e. The number of nitrogens with two attached hydrogens (primary N) is 1. The maximum absolute atomic E-state index is 5.94. The van der Waals surface area contributed by atoms with Crippen molar-refractivity contribution >= 4 is 11.8 Å². The zero-order valence-corrected chi connectivity index (χ0v) is 11.0. The highest BCUT2D eigenvalue weighted by Crippen LogP contribution is 2.26. The summed E-state index contributed by atoms with van der Waals surface area (Å²) in [5, 5.41) is 0. The summed E-state index contributed by atoms with van der Waals surface area (Å²) >= 11 is 1.89. The van der Waals surface area contributed by atoms with Crippen LogP contribution in [0.15, 0.2) is 0 Å². The van der Waals surface area contributed by atoms with Crippen LogP contribution in [0.5, 0.6) is 0 Å². The van der Waals surface area contributed by atoms with Crippen molar-refractivity contribution in [1.82, 2.24) is 4.90 Å². The van der Waals surface area contributed by atoms with Crippen molar-refractivity contribution in [1.29, 1.82) is 0 Å². The molecule has 1 heterocycles. The fraction of sp³-hybridized carbons (Fsp3) is 1.00. The van der Waals surface area contributed by atoms with Gasteiger partial charge in [-0.25, -0.2) is 0 Å². The Bertz CT molecular complexity index is 183. The molecule has 0 saturated carbocycles. The molecule has 0 bridgehead atoms. The van der Waals surface area contributed by atoms with Crippen LogP contribution in [-0.4, -0.2) is 55.3 Å². The van der Waals surface area contributed by atoms with Gasteiger partial charge in [0.15, 0.2) is 0 Å². The number of nitrogens with zero attached hydrogens (tertiary/aromatic N) is 1. The molecule has 15 heavy (non-hydrogen) atoms. The van der Waals surface area contributed by atoms with Gasteiger partial charge in [0, 0.05) is 24.9 Å². The molecular weight excluding hydrogens is 208 g/mol. The summed E-state index contributed by atoms with van der Waals surface area (Å²) < 4.78 is 5.60. The Hall–Kier alpha value is 0.230. The molecule has 4 heteroatoms. The Kier molecular flexibility index (Phi) is 5.39. The molecule has 0 aliphatic carbocycles. The Morgan fingerprint density at radius 2 is 2.33 bits per heavy atom. The minimum Gasteiger partial charge on any atom is -0.379 e. The Morgan fingerprint density at radius 3 is 2.80 bits per heavy atom. The van der Waals surface area contributed by atoms with Gasteiger partial charge in [-0.1, -0.05) is 0 Å². The van der Waals surface area contributed by atoms with Crippen molar-refractivity contribution in [3.05, 3.63) is 0 Å². The van der Waals surface area contributed by atoms with Gasteiger partial charge in [-0.3, -0.25) is 4.90 Å². The molecule has 0 aromatic rings. The quantitative estimate of drug-likeness (QED) is 0.772. The molecule has 0 radical (unpaired) electrons. The predicted molar refractivity (Wildman–Crippen MR) is 67.4 cm³/mol. The summed E-state index contributed by atoms with van der Waals surface area (Å²) in [5.74, 6) is 1.15.